The number of benzene rings is 3. The summed E-state index contributed by atoms with van der Waals surface area (Å²) < 4.78 is 16.1. The van der Waals surface area contributed by atoms with Crippen LogP contribution in [0.15, 0.2) is 88.4 Å². The third-order valence-electron chi connectivity index (χ3n) is 4.51. The van der Waals surface area contributed by atoms with Crippen molar-refractivity contribution in [1.82, 2.24) is 0 Å². The number of carbonyl (C=O) groups excluding carboxylic acids is 1. The quantitative estimate of drug-likeness (QED) is 0.261. The van der Waals surface area contributed by atoms with Crippen LogP contribution >= 0.6 is 0 Å². The van der Waals surface area contributed by atoms with Crippen LogP contribution in [0.5, 0.6) is 5.75 Å². The van der Waals surface area contributed by atoms with Crippen molar-refractivity contribution in [3.63, 3.8) is 0 Å². The van der Waals surface area contributed by atoms with Crippen LogP contribution in [-0.4, -0.2) is 19.3 Å². The van der Waals surface area contributed by atoms with Gasteiger partial charge in [-0.15, -0.1) is 0 Å². The molecule has 0 saturated heterocycles. The molecule has 0 aliphatic rings. The van der Waals surface area contributed by atoms with Crippen molar-refractivity contribution in [3.05, 3.63) is 95.9 Å². The maximum Gasteiger partial charge on any atom is 0.373 e. The van der Waals surface area contributed by atoms with E-state index in [1.165, 1.54) is 7.11 Å². The molecule has 0 amide bonds. The monoisotopic (exact) mass is 400 g/mol. The number of carbonyl (C=O) groups is 1. The molecule has 1 heterocycles. The van der Waals surface area contributed by atoms with Gasteiger partial charge in [0, 0.05) is 5.56 Å². The second-order valence-electron chi connectivity index (χ2n) is 6.48. The molecule has 0 radical (unpaired) electrons. The van der Waals surface area contributed by atoms with Crippen molar-refractivity contribution in [3.8, 4) is 5.75 Å². The molecule has 6 heteroatoms. The van der Waals surface area contributed by atoms with E-state index in [0.717, 1.165) is 22.0 Å². The first-order valence-corrected chi connectivity index (χ1v) is 9.40. The van der Waals surface area contributed by atoms with Gasteiger partial charge in [-0.1, -0.05) is 48.5 Å². The number of anilines is 1. The van der Waals surface area contributed by atoms with Crippen molar-refractivity contribution < 1.29 is 18.7 Å². The average molecular weight is 400 g/mol. The molecule has 0 saturated carbocycles. The third kappa shape index (κ3) is 4.33. The Morgan fingerprint density at radius 3 is 2.63 bits per heavy atom. The summed E-state index contributed by atoms with van der Waals surface area (Å²) >= 11 is 0. The standard InChI is InChI=1S/C24H20N2O4/c1-28-24(27)23-14-12-19(30-23)16-29-22-13-11-17-7-5-6-10-20(17)21(22)15-25-26-18-8-3-2-4-9-18/h2-15,26H,16H2,1H3. The highest BCUT2D eigenvalue weighted by molar-refractivity contribution is 6.02. The molecule has 0 aliphatic heterocycles. The van der Waals surface area contributed by atoms with Crippen LogP contribution in [0.3, 0.4) is 0 Å². The maximum atomic E-state index is 11.6. The fourth-order valence-corrected chi connectivity index (χ4v) is 3.03. The molecular formula is C24H20N2O4. The number of hydrogen-bond acceptors (Lipinski definition) is 6. The zero-order valence-corrected chi connectivity index (χ0v) is 16.4. The van der Waals surface area contributed by atoms with Crippen LogP contribution < -0.4 is 10.2 Å². The van der Waals surface area contributed by atoms with E-state index in [1.807, 2.05) is 66.7 Å². The lowest BCUT2D eigenvalue weighted by molar-refractivity contribution is 0.0561. The van der Waals surface area contributed by atoms with Gasteiger partial charge in [-0.05, 0) is 41.1 Å². The van der Waals surface area contributed by atoms with Crippen LogP contribution in [0, 0.1) is 0 Å². The van der Waals surface area contributed by atoms with E-state index in [0.29, 0.717) is 11.5 Å². The number of nitrogens with zero attached hydrogens (tertiary/aromatic N) is 1. The van der Waals surface area contributed by atoms with Crippen molar-refractivity contribution in [2.24, 2.45) is 5.10 Å². The predicted molar refractivity (Wildman–Crippen MR) is 116 cm³/mol. The lowest BCUT2D eigenvalue weighted by Crippen LogP contribution is -2.00. The number of methoxy groups -OCH3 is 1. The Kier molecular flexibility index (Phi) is 5.75. The zero-order chi connectivity index (χ0) is 20.8. The maximum absolute atomic E-state index is 11.6. The van der Waals surface area contributed by atoms with Gasteiger partial charge in [0.05, 0.1) is 19.0 Å². The first kappa shape index (κ1) is 19.3. The number of furan rings is 1. The molecule has 6 nitrogen and oxygen atoms in total. The molecule has 4 aromatic rings. The summed E-state index contributed by atoms with van der Waals surface area (Å²) in [6, 6.07) is 24.9. The molecule has 0 atom stereocenters. The average Bonchev–Trinajstić information content (AvgIpc) is 3.27. The van der Waals surface area contributed by atoms with Crippen LogP contribution in [0.1, 0.15) is 21.9 Å². The Morgan fingerprint density at radius 1 is 1.00 bits per heavy atom. The number of hydrazone groups is 1. The molecule has 0 spiro atoms. The van der Waals surface area contributed by atoms with Gasteiger partial charge in [0.15, 0.2) is 0 Å². The second kappa shape index (κ2) is 8.96. The summed E-state index contributed by atoms with van der Waals surface area (Å²) in [6.45, 7) is 0.169. The van der Waals surface area contributed by atoms with Gasteiger partial charge in [0.2, 0.25) is 5.76 Å². The van der Waals surface area contributed by atoms with Gasteiger partial charge < -0.3 is 13.9 Å². The van der Waals surface area contributed by atoms with E-state index in [-0.39, 0.29) is 12.4 Å². The first-order chi connectivity index (χ1) is 14.7. The summed E-state index contributed by atoms with van der Waals surface area (Å²) in [6.07, 6.45) is 1.74. The van der Waals surface area contributed by atoms with Gasteiger partial charge in [-0.3, -0.25) is 5.43 Å². The smallest absolute Gasteiger partial charge is 0.373 e. The Hall–Kier alpha value is -4.06. The molecule has 1 N–H and O–H groups in total. The summed E-state index contributed by atoms with van der Waals surface area (Å²) in [7, 11) is 1.31. The lowest BCUT2D eigenvalue weighted by atomic mass is 10.0. The fourth-order valence-electron chi connectivity index (χ4n) is 3.03. The third-order valence-corrected chi connectivity index (χ3v) is 4.51. The van der Waals surface area contributed by atoms with E-state index in [9.17, 15) is 4.79 Å². The number of rotatable bonds is 7. The topological polar surface area (TPSA) is 73.1 Å². The highest BCUT2D eigenvalue weighted by Crippen LogP contribution is 2.27. The molecule has 0 bridgehead atoms. The molecule has 4 rings (SSSR count). The van der Waals surface area contributed by atoms with E-state index < -0.39 is 5.97 Å². The Bertz CT molecular complexity index is 1180. The molecule has 0 unspecified atom stereocenters. The van der Waals surface area contributed by atoms with Gasteiger partial charge in [0.1, 0.15) is 18.1 Å². The van der Waals surface area contributed by atoms with Gasteiger partial charge >= 0.3 is 5.97 Å². The number of hydrogen-bond donors (Lipinski definition) is 1. The van der Waals surface area contributed by atoms with E-state index >= 15 is 0 Å². The van der Waals surface area contributed by atoms with Crippen LogP contribution in [-0.2, 0) is 11.3 Å². The molecule has 150 valence electrons. The summed E-state index contributed by atoms with van der Waals surface area (Å²) in [4.78, 5) is 11.6. The van der Waals surface area contributed by atoms with Crippen LogP contribution in [0.4, 0.5) is 5.69 Å². The van der Waals surface area contributed by atoms with Crippen LogP contribution in [0.2, 0.25) is 0 Å². The van der Waals surface area contributed by atoms with Gasteiger partial charge in [0.25, 0.3) is 0 Å². The van der Waals surface area contributed by atoms with E-state index in [1.54, 1.807) is 18.3 Å². The SMILES string of the molecule is COC(=O)c1ccc(COc2ccc3ccccc3c2C=NNc2ccccc2)o1. The Morgan fingerprint density at radius 2 is 1.80 bits per heavy atom. The molecular weight excluding hydrogens is 380 g/mol. The number of fused-ring (bicyclic) bond motifs is 1. The minimum absolute atomic E-state index is 0.142. The molecule has 1 aromatic heterocycles. The van der Waals surface area contributed by atoms with E-state index in [2.05, 4.69) is 15.3 Å². The van der Waals surface area contributed by atoms with Gasteiger partial charge in [-0.25, -0.2) is 4.79 Å². The van der Waals surface area contributed by atoms with Crippen molar-refractivity contribution in [2.75, 3.05) is 12.5 Å². The van der Waals surface area contributed by atoms with Gasteiger partial charge in [-0.2, -0.15) is 5.10 Å². The van der Waals surface area contributed by atoms with Crippen molar-refractivity contribution >= 4 is 28.6 Å². The Balaban J connectivity index is 1.58. The summed E-state index contributed by atoms with van der Waals surface area (Å²) in [5.41, 5.74) is 4.76. The minimum Gasteiger partial charge on any atom is -0.485 e. The number of para-hydroxylation sites is 1. The van der Waals surface area contributed by atoms with Crippen molar-refractivity contribution in [2.45, 2.75) is 6.61 Å². The minimum atomic E-state index is -0.522. The number of esters is 1. The molecule has 0 fully saturated rings. The first-order valence-electron chi connectivity index (χ1n) is 9.40. The fraction of sp³-hybridized carbons (Fsp3) is 0.0833. The zero-order valence-electron chi connectivity index (χ0n) is 16.4. The molecule has 3 aromatic carbocycles. The van der Waals surface area contributed by atoms with Crippen molar-refractivity contribution in [1.29, 1.82) is 0 Å². The molecule has 30 heavy (non-hydrogen) atoms. The number of nitrogens with one attached hydrogen (secondary N) is 1. The number of ether oxygens (including phenoxy) is 2. The second-order valence-corrected chi connectivity index (χ2v) is 6.48. The van der Waals surface area contributed by atoms with E-state index in [4.69, 9.17) is 9.15 Å². The lowest BCUT2D eigenvalue weighted by Gasteiger charge is -2.11. The highest BCUT2D eigenvalue weighted by Gasteiger charge is 2.13. The summed E-state index contributed by atoms with van der Waals surface area (Å²) in [5.74, 6) is 0.799. The predicted octanol–water partition coefficient (Wildman–Crippen LogP) is 5.24. The highest BCUT2D eigenvalue weighted by atomic mass is 16.5. The Labute approximate surface area is 173 Å². The molecule has 0 aliphatic carbocycles. The summed E-state index contributed by atoms with van der Waals surface area (Å²) in [5, 5.41) is 6.47. The largest absolute Gasteiger partial charge is 0.485 e. The normalized spacial score (nSPS) is 11.0. The van der Waals surface area contributed by atoms with Crippen LogP contribution in [0.25, 0.3) is 10.8 Å².